The Morgan fingerprint density at radius 3 is 2.61 bits per heavy atom. The van der Waals surface area contributed by atoms with E-state index >= 15 is 0 Å². The number of halogens is 2. The normalized spacial score (nSPS) is 30.2. The molecule has 1 heterocycles. The topological polar surface area (TPSA) is 58.2 Å². The lowest BCUT2D eigenvalue weighted by atomic mass is 10.4. The summed E-state index contributed by atoms with van der Waals surface area (Å²) in [6.45, 7) is 1.79. The highest BCUT2D eigenvalue weighted by Gasteiger charge is 2.54. The van der Waals surface area contributed by atoms with Gasteiger partial charge in [0.15, 0.2) is 0 Å². The number of benzene rings is 1. The molecule has 1 aromatic carbocycles. The van der Waals surface area contributed by atoms with Crippen LogP contribution in [0, 0.1) is 11.8 Å². The zero-order valence-electron chi connectivity index (χ0n) is 9.36. The Morgan fingerprint density at radius 1 is 1.33 bits per heavy atom. The second-order valence-corrected chi connectivity index (χ2v) is 7.71. The Balaban J connectivity index is 1.82. The van der Waals surface area contributed by atoms with E-state index in [2.05, 4.69) is 26.0 Å². The Hall–Kier alpha value is -0.140. The lowest BCUT2D eigenvalue weighted by Gasteiger charge is -2.10. The van der Waals surface area contributed by atoms with Gasteiger partial charge in [-0.05, 0) is 43.1 Å². The fraction of sp³-hybridized carbons (Fsp3) is 0.455. The van der Waals surface area contributed by atoms with Gasteiger partial charge in [0.25, 0.3) is 0 Å². The molecular weight excluding hydrogens is 340 g/mol. The first-order valence-corrected chi connectivity index (χ1v) is 8.32. The van der Waals surface area contributed by atoms with Gasteiger partial charge in [-0.1, -0.05) is 27.5 Å². The molecule has 1 saturated carbocycles. The fourth-order valence-electron chi connectivity index (χ4n) is 2.53. The summed E-state index contributed by atoms with van der Waals surface area (Å²) in [4.78, 5) is 0.144. The summed E-state index contributed by atoms with van der Waals surface area (Å²) in [6, 6.07) is 4.85. The van der Waals surface area contributed by atoms with E-state index in [9.17, 15) is 8.42 Å². The van der Waals surface area contributed by atoms with Gasteiger partial charge in [-0.3, -0.25) is 0 Å². The molecule has 0 amide bonds. The quantitative estimate of drug-likeness (QED) is 0.869. The van der Waals surface area contributed by atoms with Crippen LogP contribution in [0.5, 0.6) is 0 Å². The molecule has 0 bridgehead atoms. The molecule has 1 aromatic rings. The van der Waals surface area contributed by atoms with Crippen LogP contribution in [-0.4, -0.2) is 27.5 Å². The third-order valence-corrected chi connectivity index (χ3v) is 6.00. The number of rotatable bonds is 3. The fourth-order valence-corrected chi connectivity index (χ4v) is 4.90. The van der Waals surface area contributed by atoms with Crippen LogP contribution < -0.4 is 10.0 Å². The molecule has 98 valence electrons. The van der Waals surface area contributed by atoms with Crippen molar-refractivity contribution in [2.45, 2.75) is 10.9 Å². The Morgan fingerprint density at radius 2 is 2.00 bits per heavy atom. The van der Waals surface area contributed by atoms with E-state index in [0.717, 1.165) is 17.6 Å². The first-order valence-electron chi connectivity index (χ1n) is 5.67. The molecule has 3 rings (SSSR count). The average molecular weight is 352 g/mol. The maximum Gasteiger partial charge on any atom is 0.242 e. The van der Waals surface area contributed by atoms with Crippen LogP contribution in [0.4, 0.5) is 0 Å². The predicted octanol–water partition coefficient (Wildman–Crippen LogP) is 1.60. The summed E-state index contributed by atoms with van der Waals surface area (Å²) < 4.78 is 27.9. The second kappa shape index (κ2) is 4.45. The lowest BCUT2D eigenvalue weighted by Crippen LogP contribution is -2.32. The zero-order valence-corrected chi connectivity index (χ0v) is 12.5. The molecule has 4 nitrogen and oxygen atoms in total. The van der Waals surface area contributed by atoms with E-state index in [0.29, 0.717) is 11.8 Å². The minimum absolute atomic E-state index is 0.0657. The standard InChI is InChI=1S/C11H12BrClN2O2S/c12-6-1-2-10(9(13)3-6)18(16,17)15-11-7-4-14-5-8(7)11/h1-3,7-8,11,14-15H,4-5H2. The van der Waals surface area contributed by atoms with Gasteiger partial charge in [0.1, 0.15) is 4.90 Å². The Bertz CT molecular complexity index is 583. The highest BCUT2D eigenvalue weighted by molar-refractivity contribution is 9.10. The molecule has 2 atom stereocenters. The van der Waals surface area contributed by atoms with Gasteiger partial charge in [-0.15, -0.1) is 0 Å². The van der Waals surface area contributed by atoms with Crippen molar-refractivity contribution in [2.24, 2.45) is 11.8 Å². The number of hydrogen-bond donors (Lipinski definition) is 2. The molecule has 1 aliphatic heterocycles. The highest BCUT2D eigenvalue weighted by Crippen LogP contribution is 2.42. The molecule has 2 N–H and O–H groups in total. The van der Waals surface area contributed by atoms with Crippen LogP contribution in [0.25, 0.3) is 0 Å². The molecule has 7 heteroatoms. The van der Waals surface area contributed by atoms with E-state index in [1.165, 1.54) is 6.07 Å². The molecule has 2 aliphatic rings. The highest BCUT2D eigenvalue weighted by atomic mass is 79.9. The summed E-state index contributed by atoms with van der Waals surface area (Å²) in [6.07, 6.45) is 0. The van der Waals surface area contributed by atoms with Crippen molar-refractivity contribution in [1.82, 2.24) is 10.0 Å². The summed E-state index contributed by atoms with van der Waals surface area (Å²) in [5.74, 6) is 0.878. The van der Waals surface area contributed by atoms with Gasteiger partial charge in [0, 0.05) is 10.5 Å². The number of nitrogens with one attached hydrogen (secondary N) is 2. The summed E-state index contributed by atoms with van der Waals surface area (Å²) >= 11 is 9.23. The lowest BCUT2D eigenvalue weighted by molar-refractivity contribution is 0.565. The van der Waals surface area contributed by atoms with Gasteiger partial charge >= 0.3 is 0 Å². The first-order chi connectivity index (χ1) is 8.49. The van der Waals surface area contributed by atoms with Crippen molar-refractivity contribution in [3.05, 3.63) is 27.7 Å². The van der Waals surface area contributed by atoms with E-state index in [-0.39, 0.29) is 16.0 Å². The van der Waals surface area contributed by atoms with Gasteiger partial charge in [-0.2, -0.15) is 0 Å². The van der Waals surface area contributed by atoms with Crippen LogP contribution in [0.3, 0.4) is 0 Å². The van der Waals surface area contributed by atoms with E-state index < -0.39 is 10.0 Å². The summed E-state index contributed by atoms with van der Waals surface area (Å²) in [7, 11) is -3.52. The van der Waals surface area contributed by atoms with E-state index in [4.69, 9.17) is 11.6 Å². The number of hydrogen-bond acceptors (Lipinski definition) is 3. The van der Waals surface area contributed by atoms with Gasteiger partial charge in [0.05, 0.1) is 5.02 Å². The van der Waals surface area contributed by atoms with Gasteiger partial charge < -0.3 is 5.32 Å². The zero-order chi connectivity index (χ0) is 12.9. The smallest absolute Gasteiger partial charge is 0.242 e. The summed E-state index contributed by atoms with van der Waals surface area (Å²) in [5, 5.41) is 3.47. The molecule has 1 aliphatic carbocycles. The largest absolute Gasteiger partial charge is 0.316 e. The number of fused-ring (bicyclic) bond motifs is 1. The van der Waals surface area contributed by atoms with E-state index in [1.54, 1.807) is 12.1 Å². The van der Waals surface area contributed by atoms with Crippen molar-refractivity contribution < 1.29 is 8.42 Å². The SMILES string of the molecule is O=S(=O)(NC1C2CNCC21)c1ccc(Br)cc1Cl. The minimum atomic E-state index is -3.52. The molecule has 0 aromatic heterocycles. The van der Waals surface area contributed by atoms with Gasteiger partial charge in [0.2, 0.25) is 10.0 Å². The van der Waals surface area contributed by atoms with Gasteiger partial charge in [-0.25, -0.2) is 13.1 Å². The third kappa shape index (κ3) is 2.20. The Labute approximate surface area is 119 Å². The van der Waals surface area contributed by atoms with Crippen molar-refractivity contribution in [2.75, 3.05) is 13.1 Å². The molecule has 18 heavy (non-hydrogen) atoms. The second-order valence-electron chi connectivity index (χ2n) is 4.71. The van der Waals surface area contributed by atoms with Crippen LogP contribution in [0.15, 0.2) is 27.6 Å². The number of sulfonamides is 1. The minimum Gasteiger partial charge on any atom is -0.316 e. The predicted molar refractivity (Wildman–Crippen MR) is 73.1 cm³/mol. The Kier molecular flexibility index (Phi) is 3.18. The van der Waals surface area contributed by atoms with Crippen molar-refractivity contribution in [1.29, 1.82) is 0 Å². The van der Waals surface area contributed by atoms with Crippen LogP contribution >= 0.6 is 27.5 Å². The van der Waals surface area contributed by atoms with Crippen molar-refractivity contribution >= 4 is 37.6 Å². The maximum absolute atomic E-state index is 12.2. The molecular formula is C11H12BrClN2O2S. The van der Waals surface area contributed by atoms with Crippen molar-refractivity contribution in [3.8, 4) is 0 Å². The van der Waals surface area contributed by atoms with Crippen LogP contribution in [-0.2, 0) is 10.0 Å². The molecule has 1 saturated heterocycles. The summed E-state index contributed by atoms with van der Waals surface area (Å²) in [5.41, 5.74) is 0. The van der Waals surface area contributed by atoms with Crippen molar-refractivity contribution in [3.63, 3.8) is 0 Å². The average Bonchev–Trinajstić information content (AvgIpc) is 2.74. The molecule has 2 fully saturated rings. The molecule has 2 unspecified atom stereocenters. The molecule has 0 spiro atoms. The third-order valence-electron chi connectivity index (χ3n) is 3.57. The molecule has 0 radical (unpaired) electrons. The monoisotopic (exact) mass is 350 g/mol. The van der Waals surface area contributed by atoms with Crippen LogP contribution in [0.2, 0.25) is 5.02 Å². The van der Waals surface area contributed by atoms with Crippen LogP contribution in [0.1, 0.15) is 0 Å². The first kappa shape index (κ1) is 12.9. The van der Waals surface area contributed by atoms with E-state index in [1.807, 2.05) is 0 Å². The maximum atomic E-state index is 12.2. The number of piperidine rings is 1.